The summed E-state index contributed by atoms with van der Waals surface area (Å²) in [7, 11) is 0. The third-order valence-corrected chi connectivity index (χ3v) is 7.58. The van der Waals surface area contributed by atoms with Gasteiger partial charge in [0.05, 0.1) is 0 Å². The van der Waals surface area contributed by atoms with Crippen LogP contribution in [0.1, 0.15) is 54.4 Å². The molecular weight excluding hydrogens is 528 g/mol. The number of furan rings is 1. The van der Waals surface area contributed by atoms with Crippen molar-refractivity contribution >= 4 is 23.4 Å². The second-order valence-corrected chi connectivity index (χ2v) is 10.7. The summed E-state index contributed by atoms with van der Waals surface area (Å²) in [6.07, 6.45) is 4.61. The van der Waals surface area contributed by atoms with Crippen molar-refractivity contribution in [3.05, 3.63) is 88.3 Å². The first-order valence-corrected chi connectivity index (χ1v) is 14.0. The van der Waals surface area contributed by atoms with Crippen molar-refractivity contribution in [1.29, 1.82) is 0 Å². The molecule has 0 spiro atoms. The van der Waals surface area contributed by atoms with Crippen LogP contribution in [-0.4, -0.2) is 49.5 Å². The Morgan fingerprint density at radius 1 is 1.07 bits per heavy atom. The number of hydrogen-bond acceptors (Lipinski definition) is 6. The number of tetrazole rings is 1. The molecule has 10 heteroatoms. The molecule has 1 N–H and O–H groups in total. The molecule has 0 aliphatic heterocycles. The predicted octanol–water partition coefficient (Wildman–Crippen LogP) is 5.07. The minimum absolute atomic E-state index is 0.0956. The number of carbonyl (C=O) groups is 2. The van der Waals surface area contributed by atoms with Gasteiger partial charge in [-0.25, -0.2) is 0 Å². The molecule has 2 aromatic carbocycles. The van der Waals surface area contributed by atoms with E-state index in [-0.39, 0.29) is 24.4 Å². The van der Waals surface area contributed by atoms with Gasteiger partial charge < -0.3 is 14.6 Å². The van der Waals surface area contributed by atoms with E-state index in [1.54, 1.807) is 35.2 Å². The molecule has 0 bridgehead atoms. The van der Waals surface area contributed by atoms with Crippen LogP contribution in [0.4, 0.5) is 0 Å². The van der Waals surface area contributed by atoms with Crippen LogP contribution in [0.3, 0.4) is 0 Å². The summed E-state index contributed by atoms with van der Waals surface area (Å²) in [5, 5.41) is 16.4. The number of amides is 2. The largest absolute Gasteiger partial charge is 0.464 e. The van der Waals surface area contributed by atoms with Crippen LogP contribution in [0.25, 0.3) is 11.4 Å². The Hall–Kier alpha value is -3.98. The Morgan fingerprint density at radius 3 is 2.52 bits per heavy atom. The number of hydrogen-bond donors (Lipinski definition) is 1. The maximum Gasteiger partial charge on any atom is 0.250 e. The highest BCUT2D eigenvalue weighted by Gasteiger charge is 2.35. The van der Waals surface area contributed by atoms with Crippen LogP contribution in [0.15, 0.2) is 65.1 Å². The molecule has 5 rings (SSSR count). The molecule has 2 amide bonds. The number of rotatable bonds is 10. The lowest BCUT2D eigenvalue weighted by molar-refractivity contribution is -0.142. The molecule has 1 aliphatic rings. The van der Waals surface area contributed by atoms with E-state index < -0.39 is 6.04 Å². The molecule has 0 radical (unpaired) electrons. The lowest BCUT2D eigenvalue weighted by Gasteiger charge is -2.31. The first-order chi connectivity index (χ1) is 19.4. The minimum Gasteiger partial charge on any atom is -0.464 e. The maximum absolute atomic E-state index is 13.9. The fourth-order valence-electron chi connectivity index (χ4n) is 5.14. The third kappa shape index (κ3) is 6.59. The standard InChI is InChI=1S/C30H33ClN6O3/c1-20-7-3-4-8-22(20)17-18-36(27(38)19-37-34-29(33-35-37)23-12-14-24(31)15-13-23)28(26-16-11-21(2)40-26)30(39)32-25-9-5-6-10-25/h3-4,7-8,11-16,25,28H,5-6,9-10,17-19H2,1-2H3,(H,32,39). The van der Waals surface area contributed by atoms with Gasteiger partial charge in [-0.3, -0.25) is 9.59 Å². The molecule has 1 unspecified atom stereocenters. The maximum atomic E-state index is 13.9. The first-order valence-electron chi connectivity index (χ1n) is 13.6. The second kappa shape index (κ2) is 12.5. The van der Waals surface area contributed by atoms with Gasteiger partial charge in [0.2, 0.25) is 11.7 Å². The summed E-state index contributed by atoms with van der Waals surface area (Å²) in [6, 6.07) is 17.9. The molecular formula is C30H33ClN6O3. The van der Waals surface area contributed by atoms with E-state index in [4.69, 9.17) is 16.0 Å². The van der Waals surface area contributed by atoms with E-state index in [9.17, 15) is 9.59 Å². The molecule has 1 aliphatic carbocycles. The van der Waals surface area contributed by atoms with Gasteiger partial charge in [-0.2, -0.15) is 4.80 Å². The Morgan fingerprint density at radius 2 is 1.82 bits per heavy atom. The number of aryl methyl sites for hydroxylation is 2. The van der Waals surface area contributed by atoms with Crippen molar-refractivity contribution in [2.75, 3.05) is 6.54 Å². The molecule has 1 fully saturated rings. The quantitative estimate of drug-likeness (QED) is 0.290. The first kappa shape index (κ1) is 27.6. The molecule has 208 valence electrons. The van der Waals surface area contributed by atoms with Crippen molar-refractivity contribution in [2.45, 2.75) is 64.6 Å². The summed E-state index contributed by atoms with van der Waals surface area (Å²) >= 11 is 6.00. The van der Waals surface area contributed by atoms with E-state index in [2.05, 4.69) is 20.7 Å². The number of nitrogens with zero attached hydrogens (tertiary/aromatic N) is 5. The Bertz CT molecular complexity index is 1460. The lowest BCUT2D eigenvalue weighted by Crippen LogP contribution is -2.47. The van der Waals surface area contributed by atoms with Gasteiger partial charge >= 0.3 is 0 Å². The summed E-state index contributed by atoms with van der Waals surface area (Å²) < 4.78 is 5.94. The highest BCUT2D eigenvalue weighted by atomic mass is 35.5. The normalized spacial score (nSPS) is 14.3. The van der Waals surface area contributed by atoms with E-state index in [1.807, 2.05) is 44.2 Å². The van der Waals surface area contributed by atoms with Crippen molar-refractivity contribution in [1.82, 2.24) is 30.4 Å². The van der Waals surface area contributed by atoms with E-state index >= 15 is 0 Å². The van der Waals surface area contributed by atoms with Gasteiger partial charge in [0.15, 0.2) is 6.04 Å². The van der Waals surface area contributed by atoms with Crippen LogP contribution in [0.2, 0.25) is 5.02 Å². The Kier molecular flexibility index (Phi) is 8.60. The Balaban J connectivity index is 1.43. The molecule has 0 saturated heterocycles. The van der Waals surface area contributed by atoms with Crippen molar-refractivity contribution in [2.24, 2.45) is 0 Å². The van der Waals surface area contributed by atoms with E-state index in [0.717, 1.165) is 42.4 Å². The average molecular weight is 561 g/mol. The van der Waals surface area contributed by atoms with Gasteiger partial charge in [-0.15, -0.1) is 10.2 Å². The fourth-order valence-corrected chi connectivity index (χ4v) is 5.27. The van der Waals surface area contributed by atoms with Crippen LogP contribution < -0.4 is 5.32 Å². The van der Waals surface area contributed by atoms with E-state index in [0.29, 0.717) is 35.3 Å². The van der Waals surface area contributed by atoms with Crippen LogP contribution >= 0.6 is 11.6 Å². The van der Waals surface area contributed by atoms with Gasteiger partial charge in [-0.05, 0) is 85.8 Å². The monoisotopic (exact) mass is 560 g/mol. The molecule has 4 aromatic rings. The molecule has 2 aromatic heterocycles. The number of benzene rings is 2. The van der Waals surface area contributed by atoms with Gasteiger partial charge in [0.1, 0.15) is 18.1 Å². The summed E-state index contributed by atoms with van der Waals surface area (Å²) in [6.45, 7) is 4.00. The molecule has 9 nitrogen and oxygen atoms in total. The fraction of sp³-hybridized carbons (Fsp3) is 0.367. The Labute approximate surface area is 238 Å². The van der Waals surface area contributed by atoms with Crippen molar-refractivity contribution in [3.8, 4) is 11.4 Å². The van der Waals surface area contributed by atoms with Gasteiger partial charge in [0.25, 0.3) is 5.91 Å². The number of aromatic nitrogens is 4. The van der Waals surface area contributed by atoms with Crippen LogP contribution in [-0.2, 0) is 22.6 Å². The molecule has 1 atom stereocenters. The summed E-state index contributed by atoms with van der Waals surface area (Å²) in [4.78, 5) is 30.5. The van der Waals surface area contributed by atoms with Crippen LogP contribution in [0, 0.1) is 13.8 Å². The minimum atomic E-state index is -0.926. The number of carbonyl (C=O) groups excluding carboxylic acids is 2. The molecule has 40 heavy (non-hydrogen) atoms. The van der Waals surface area contributed by atoms with Crippen LogP contribution in [0.5, 0.6) is 0 Å². The zero-order chi connectivity index (χ0) is 28.1. The van der Waals surface area contributed by atoms with E-state index in [1.165, 1.54) is 4.80 Å². The third-order valence-electron chi connectivity index (χ3n) is 7.33. The number of halogens is 1. The molecule has 2 heterocycles. The van der Waals surface area contributed by atoms with Gasteiger partial charge in [-0.1, -0.05) is 48.7 Å². The van der Waals surface area contributed by atoms with Crippen molar-refractivity contribution in [3.63, 3.8) is 0 Å². The topological polar surface area (TPSA) is 106 Å². The highest BCUT2D eigenvalue weighted by Crippen LogP contribution is 2.27. The second-order valence-electron chi connectivity index (χ2n) is 10.3. The zero-order valence-electron chi connectivity index (χ0n) is 22.7. The van der Waals surface area contributed by atoms with Crippen molar-refractivity contribution < 1.29 is 14.0 Å². The smallest absolute Gasteiger partial charge is 0.250 e. The zero-order valence-corrected chi connectivity index (χ0v) is 23.5. The SMILES string of the molecule is Cc1ccc(C(C(=O)NC2CCCC2)N(CCc2ccccc2C)C(=O)Cn2nnc(-c3ccc(Cl)cc3)n2)o1. The lowest BCUT2D eigenvalue weighted by atomic mass is 10.0. The average Bonchev–Trinajstić information content (AvgIpc) is 3.71. The summed E-state index contributed by atoms with van der Waals surface area (Å²) in [5.41, 5.74) is 2.97. The highest BCUT2D eigenvalue weighted by molar-refractivity contribution is 6.30. The van der Waals surface area contributed by atoms with Gasteiger partial charge in [0, 0.05) is 23.2 Å². The predicted molar refractivity (Wildman–Crippen MR) is 151 cm³/mol. The number of nitrogens with one attached hydrogen (secondary N) is 1. The summed E-state index contributed by atoms with van der Waals surface area (Å²) in [5.74, 6) is 0.931. The molecule has 1 saturated carbocycles.